The van der Waals surface area contributed by atoms with Gasteiger partial charge >= 0.3 is 0 Å². The first-order valence-corrected chi connectivity index (χ1v) is 10.5. The maximum Gasteiger partial charge on any atom is 0.276 e. The highest BCUT2D eigenvalue weighted by atomic mass is 19.1. The molecule has 0 unspecified atom stereocenters. The smallest absolute Gasteiger partial charge is 0.276 e. The fourth-order valence-corrected chi connectivity index (χ4v) is 4.28. The quantitative estimate of drug-likeness (QED) is 0.651. The molecule has 0 spiro atoms. The Balaban J connectivity index is 1.26. The number of anilines is 1. The summed E-state index contributed by atoms with van der Waals surface area (Å²) in [5.41, 5.74) is 4.40. The van der Waals surface area contributed by atoms with E-state index in [-0.39, 0.29) is 24.4 Å². The molecular formula is C23H24FN5O2. The van der Waals surface area contributed by atoms with Crippen LogP contribution < -0.4 is 4.90 Å². The van der Waals surface area contributed by atoms with Gasteiger partial charge in [0.1, 0.15) is 11.9 Å². The van der Waals surface area contributed by atoms with Crippen LogP contribution in [0.25, 0.3) is 0 Å². The number of halogens is 1. The third kappa shape index (κ3) is 3.79. The number of aromatic nitrogens is 3. The van der Waals surface area contributed by atoms with Gasteiger partial charge in [-0.2, -0.15) is 0 Å². The average Bonchev–Trinajstić information content (AvgIpc) is 3.23. The molecule has 1 amide bonds. The third-order valence-electron chi connectivity index (χ3n) is 6.06. The molecule has 1 aromatic heterocycles. The van der Waals surface area contributed by atoms with E-state index in [1.165, 1.54) is 23.4 Å². The van der Waals surface area contributed by atoms with Gasteiger partial charge in [-0.15, -0.1) is 5.10 Å². The zero-order valence-electron chi connectivity index (χ0n) is 17.4. The van der Waals surface area contributed by atoms with Crippen LogP contribution in [-0.2, 0) is 17.9 Å². The summed E-state index contributed by atoms with van der Waals surface area (Å²) in [6, 6.07) is 14.6. The summed E-state index contributed by atoms with van der Waals surface area (Å²) < 4.78 is 20.9. The number of carbonyl (C=O) groups is 1. The summed E-state index contributed by atoms with van der Waals surface area (Å²) >= 11 is 0. The van der Waals surface area contributed by atoms with Gasteiger partial charge in [0.2, 0.25) is 0 Å². The Morgan fingerprint density at radius 3 is 2.55 bits per heavy atom. The van der Waals surface area contributed by atoms with E-state index in [1.54, 1.807) is 16.8 Å². The second-order valence-electron chi connectivity index (χ2n) is 7.98. The predicted octanol–water partition coefficient (Wildman–Crippen LogP) is 2.96. The van der Waals surface area contributed by atoms with E-state index in [0.29, 0.717) is 31.0 Å². The zero-order valence-corrected chi connectivity index (χ0v) is 17.4. The molecule has 3 aromatic rings. The van der Waals surface area contributed by atoms with Gasteiger partial charge in [-0.05, 0) is 36.2 Å². The molecule has 0 radical (unpaired) electrons. The average molecular weight is 421 g/mol. The Morgan fingerprint density at radius 1 is 1.06 bits per heavy atom. The number of rotatable bonds is 3. The fraction of sp³-hybridized carbons (Fsp3) is 0.348. The molecule has 1 fully saturated rings. The van der Waals surface area contributed by atoms with Gasteiger partial charge in [-0.3, -0.25) is 4.79 Å². The minimum Gasteiger partial charge on any atom is -0.368 e. The minimum absolute atomic E-state index is 0.102. The lowest BCUT2D eigenvalue weighted by Gasteiger charge is -2.36. The van der Waals surface area contributed by atoms with Crippen molar-refractivity contribution in [3.05, 3.63) is 76.9 Å². The molecule has 2 aliphatic heterocycles. The molecule has 1 atom stereocenters. The molecular weight excluding hydrogens is 397 g/mol. The number of piperazine rings is 1. The first kappa shape index (κ1) is 19.7. The third-order valence-corrected chi connectivity index (χ3v) is 6.06. The number of ether oxygens (including phenoxy) is 1. The van der Waals surface area contributed by atoms with Crippen molar-refractivity contribution in [1.29, 1.82) is 0 Å². The van der Waals surface area contributed by atoms with Crippen molar-refractivity contribution in [3.8, 4) is 0 Å². The number of fused-ring (bicyclic) bond motifs is 1. The van der Waals surface area contributed by atoms with Gasteiger partial charge in [-0.25, -0.2) is 9.07 Å². The number of benzene rings is 2. The standard InChI is InChI=1S/C23H24FN5O2/c1-16-4-2-3-5-19(16)27-10-12-28(13-11-27)23(30)22-20-15-31-21(14-29(20)26-25-22)17-6-8-18(24)9-7-17/h2-9,21H,10-15H2,1H3/t21-/m0/s1. The Morgan fingerprint density at radius 2 is 1.81 bits per heavy atom. The van der Waals surface area contributed by atoms with Crippen LogP contribution in [0.2, 0.25) is 0 Å². The van der Waals surface area contributed by atoms with E-state index in [2.05, 4.69) is 34.3 Å². The maximum atomic E-state index is 13.2. The highest BCUT2D eigenvalue weighted by Gasteiger charge is 2.31. The monoisotopic (exact) mass is 421 g/mol. The molecule has 0 aliphatic carbocycles. The summed E-state index contributed by atoms with van der Waals surface area (Å²) in [6.07, 6.45) is -0.240. The van der Waals surface area contributed by atoms with Gasteiger partial charge < -0.3 is 14.5 Å². The van der Waals surface area contributed by atoms with E-state index in [4.69, 9.17) is 4.74 Å². The van der Waals surface area contributed by atoms with Crippen LogP contribution in [0.15, 0.2) is 48.5 Å². The lowest BCUT2D eigenvalue weighted by molar-refractivity contribution is -0.00199. The Labute approximate surface area is 180 Å². The predicted molar refractivity (Wildman–Crippen MR) is 113 cm³/mol. The summed E-state index contributed by atoms with van der Waals surface area (Å²) in [6.45, 7) is 5.64. The summed E-state index contributed by atoms with van der Waals surface area (Å²) in [4.78, 5) is 17.3. The highest BCUT2D eigenvalue weighted by molar-refractivity contribution is 5.93. The fourth-order valence-electron chi connectivity index (χ4n) is 4.28. The van der Waals surface area contributed by atoms with Crippen molar-refractivity contribution in [2.45, 2.75) is 26.2 Å². The number of carbonyl (C=O) groups excluding carboxylic acids is 1. The van der Waals surface area contributed by atoms with E-state index >= 15 is 0 Å². The molecule has 5 rings (SSSR count). The summed E-state index contributed by atoms with van der Waals surface area (Å²) in [5.74, 6) is -0.383. The molecule has 2 aromatic carbocycles. The van der Waals surface area contributed by atoms with Crippen LogP contribution in [-0.4, -0.2) is 52.0 Å². The molecule has 0 N–H and O–H groups in total. The molecule has 0 bridgehead atoms. The number of nitrogens with zero attached hydrogens (tertiary/aromatic N) is 5. The molecule has 7 nitrogen and oxygen atoms in total. The van der Waals surface area contributed by atoms with E-state index in [9.17, 15) is 9.18 Å². The molecule has 160 valence electrons. The topological polar surface area (TPSA) is 63.5 Å². The number of hydrogen-bond acceptors (Lipinski definition) is 5. The van der Waals surface area contributed by atoms with E-state index in [0.717, 1.165) is 18.7 Å². The Kier molecular flexibility index (Phi) is 5.15. The first-order valence-electron chi connectivity index (χ1n) is 10.5. The molecule has 3 heterocycles. The van der Waals surface area contributed by atoms with Crippen LogP contribution in [0.4, 0.5) is 10.1 Å². The van der Waals surface area contributed by atoms with Gasteiger partial charge in [0.15, 0.2) is 5.69 Å². The molecule has 8 heteroatoms. The van der Waals surface area contributed by atoms with Crippen LogP contribution in [0.3, 0.4) is 0 Å². The SMILES string of the molecule is Cc1ccccc1N1CCN(C(=O)c2nnn3c2CO[C@H](c2ccc(F)cc2)C3)CC1. The Bertz CT molecular complexity index is 1090. The molecule has 0 saturated carbocycles. The van der Waals surface area contributed by atoms with Crippen molar-refractivity contribution in [2.24, 2.45) is 0 Å². The van der Waals surface area contributed by atoms with Crippen molar-refractivity contribution in [1.82, 2.24) is 19.9 Å². The zero-order chi connectivity index (χ0) is 21.4. The lowest BCUT2D eigenvalue weighted by Crippen LogP contribution is -2.49. The van der Waals surface area contributed by atoms with Crippen LogP contribution in [0.1, 0.15) is 33.4 Å². The number of para-hydroxylation sites is 1. The maximum absolute atomic E-state index is 13.2. The van der Waals surface area contributed by atoms with Gasteiger partial charge in [0.05, 0.1) is 18.8 Å². The number of aryl methyl sites for hydroxylation is 1. The summed E-state index contributed by atoms with van der Waals surface area (Å²) in [7, 11) is 0. The van der Waals surface area contributed by atoms with Crippen molar-refractivity contribution in [3.63, 3.8) is 0 Å². The number of hydrogen-bond donors (Lipinski definition) is 0. The molecule has 1 saturated heterocycles. The van der Waals surface area contributed by atoms with Crippen molar-refractivity contribution >= 4 is 11.6 Å². The van der Waals surface area contributed by atoms with Crippen LogP contribution in [0, 0.1) is 12.7 Å². The largest absolute Gasteiger partial charge is 0.368 e. The van der Waals surface area contributed by atoms with Crippen molar-refractivity contribution < 1.29 is 13.9 Å². The molecule has 31 heavy (non-hydrogen) atoms. The molecule has 2 aliphatic rings. The minimum atomic E-state index is -0.281. The Hall–Kier alpha value is -3.26. The van der Waals surface area contributed by atoms with E-state index in [1.807, 2.05) is 17.0 Å². The van der Waals surface area contributed by atoms with Crippen molar-refractivity contribution in [2.75, 3.05) is 31.1 Å². The van der Waals surface area contributed by atoms with Gasteiger partial charge in [0.25, 0.3) is 5.91 Å². The first-order chi connectivity index (χ1) is 15.1. The van der Waals surface area contributed by atoms with Gasteiger partial charge in [-0.1, -0.05) is 35.5 Å². The summed E-state index contributed by atoms with van der Waals surface area (Å²) in [5, 5.41) is 8.37. The van der Waals surface area contributed by atoms with Crippen LogP contribution >= 0.6 is 0 Å². The second-order valence-corrected chi connectivity index (χ2v) is 7.98. The normalized spacial score (nSPS) is 18.7. The second kappa shape index (κ2) is 8.11. The highest BCUT2D eigenvalue weighted by Crippen LogP contribution is 2.28. The lowest BCUT2D eigenvalue weighted by atomic mass is 10.1. The van der Waals surface area contributed by atoms with E-state index < -0.39 is 0 Å². The van der Waals surface area contributed by atoms with Gasteiger partial charge in [0, 0.05) is 31.9 Å². The van der Waals surface area contributed by atoms with Crippen LogP contribution in [0.5, 0.6) is 0 Å². The number of amides is 1.